The summed E-state index contributed by atoms with van der Waals surface area (Å²) in [5, 5.41) is 22.4. The lowest BCUT2D eigenvalue weighted by atomic mass is 10.0. The average Bonchev–Trinajstić information content (AvgIpc) is 3.83. The van der Waals surface area contributed by atoms with Crippen LogP contribution in [0.1, 0.15) is 99.7 Å². The van der Waals surface area contributed by atoms with Crippen molar-refractivity contribution in [2.75, 3.05) is 50.5 Å². The number of carboxylic acid groups (broad SMARTS) is 1. The van der Waals surface area contributed by atoms with E-state index in [-0.39, 0.29) is 24.4 Å². The highest BCUT2D eigenvalue weighted by Crippen LogP contribution is 2.31. The Balaban J connectivity index is 0.000000973. The molecule has 0 unspecified atom stereocenters. The number of fused-ring (bicyclic) bond motifs is 1. The molecule has 1 aromatic carbocycles. The molecule has 0 radical (unpaired) electrons. The number of benzene rings is 1. The number of anilines is 2. The number of urea groups is 1. The average molecular weight is 818 g/mol. The van der Waals surface area contributed by atoms with Crippen molar-refractivity contribution < 1.29 is 42.2 Å². The van der Waals surface area contributed by atoms with Crippen molar-refractivity contribution in [2.24, 2.45) is 5.73 Å². The molecule has 2 aliphatic heterocycles. The summed E-state index contributed by atoms with van der Waals surface area (Å²) in [4.78, 5) is 55.7. The van der Waals surface area contributed by atoms with E-state index in [1.165, 1.54) is 32.2 Å². The third kappa shape index (κ3) is 13.3. The smallest absolute Gasteiger partial charge is 0.475 e. The number of likely N-dealkylation sites (tertiary alicyclic amines) is 2. The van der Waals surface area contributed by atoms with Gasteiger partial charge in [0.05, 0.1) is 23.9 Å². The number of piperidine rings is 1. The molecule has 15 nitrogen and oxygen atoms in total. The minimum Gasteiger partial charge on any atom is -0.475 e. The summed E-state index contributed by atoms with van der Waals surface area (Å²) in [5.74, 6) is -2.97. The zero-order valence-corrected chi connectivity index (χ0v) is 33.7. The lowest BCUT2D eigenvalue weighted by molar-refractivity contribution is -0.192. The number of primary amides is 1. The molecule has 320 valence electrons. The van der Waals surface area contributed by atoms with Crippen LogP contribution in [-0.4, -0.2) is 112 Å². The standard InChI is InChI=1S/C38H57N9O4.C2HF3O2/c1-4-33-31(35(32-25-41-47(5-2)36(32)44-33)43-29-18-22-46(23-19-29)38(39)50)24-40-37(49)27-14-16-28(17-15-27)42-34(48)13-9-7-6-8-10-20-45-21-11-12-30(45)26-51-3;3-2(4,5)1(6)7/h14-17,25,29-30H,4-13,18-24,26H2,1-3H3,(H2,39,50)(H,40,49)(H,42,48)(H,43,44);(H,6,7)/t30-;/m0./s1. The molecule has 0 spiro atoms. The number of halogens is 3. The third-order valence-corrected chi connectivity index (χ3v) is 10.6. The van der Waals surface area contributed by atoms with Crippen LogP contribution < -0.4 is 21.7 Å². The Morgan fingerprint density at radius 2 is 1.66 bits per heavy atom. The highest BCUT2D eigenvalue weighted by Gasteiger charge is 2.38. The molecule has 1 atom stereocenters. The molecule has 4 heterocycles. The molecular weight excluding hydrogens is 759 g/mol. The fraction of sp³-hybridized carbons (Fsp3) is 0.600. The highest BCUT2D eigenvalue weighted by atomic mass is 19.4. The predicted octanol–water partition coefficient (Wildman–Crippen LogP) is 5.92. The summed E-state index contributed by atoms with van der Waals surface area (Å²) in [6.45, 7) is 9.41. The van der Waals surface area contributed by atoms with Crippen LogP contribution in [0.2, 0.25) is 0 Å². The third-order valence-electron chi connectivity index (χ3n) is 10.6. The number of aryl methyl sites for hydroxylation is 2. The number of carbonyl (C=O) groups excluding carboxylic acids is 3. The summed E-state index contributed by atoms with van der Waals surface area (Å²) in [7, 11) is 1.78. The maximum atomic E-state index is 13.3. The van der Waals surface area contributed by atoms with Crippen LogP contribution in [0.25, 0.3) is 11.0 Å². The molecule has 3 aromatic rings. The van der Waals surface area contributed by atoms with Gasteiger partial charge in [0.1, 0.15) is 0 Å². The number of ether oxygens (including phenoxy) is 1. The molecule has 6 N–H and O–H groups in total. The second kappa shape index (κ2) is 22.3. The highest BCUT2D eigenvalue weighted by molar-refractivity contribution is 5.96. The van der Waals surface area contributed by atoms with Crippen molar-refractivity contribution in [3.8, 4) is 0 Å². The number of nitrogens with one attached hydrogen (secondary N) is 3. The molecule has 58 heavy (non-hydrogen) atoms. The fourth-order valence-electron chi connectivity index (χ4n) is 7.40. The minimum atomic E-state index is -5.08. The van der Waals surface area contributed by atoms with Crippen LogP contribution in [-0.2, 0) is 33.8 Å². The summed E-state index contributed by atoms with van der Waals surface area (Å²) >= 11 is 0. The zero-order chi connectivity index (χ0) is 42.2. The van der Waals surface area contributed by atoms with E-state index in [4.69, 9.17) is 25.4 Å². The number of carboxylic acids is 1. The van der Waals surface area contributed by atoms with Gasteiger partial charge in [0.25, 0.3) is 5.91 Å². The van der Waals surface area contributed by atoms with Gasteiger partial charge in [0.2, 0.25) is 5.91 Å². The van der Waals surface area contributed by atoms with E-state index in [1.807, 2.05) is 17.8 Å². The van der Waals surface area contributed by atoms with Crippen molar-refractivity contribution in [1.82, 2.24) is 29.9 Å². The number of methoxy groups -OCH3 is 1. The van der Waals surface area contributed by atoms with Crippen LogP contribution >= 0.6 is 0 Å². The van der Waals surface area contributed by atoms with E-state index in [2.05, 4.69) is 32.9 Å². The molecule has 0 aliphatic carbocycles. The molecule has 2 aromatic heterocycles. The Morgan fingerprint density at radius 3 is 2.28 bits per heavy atom. The number of alkyl halides is 3. The normalized spacial score (nSPS) is 16.2. The Morgan fingerprint density at radius 1 is 0.983 bits per heavy atom. The lowest BCUT2D eigenvalue weighted by Gasteiger charge is -2.32. The second-order valence-electron chi connectivity index (χ2n) is 14.6. The maximum absolute atomic E-state index is 13.3. The molecule has 2 fully saturated rings. The first-order valence-electron chi connectivity index (χ1n) is 20.1. The lowest BCUT2D eigenvalue weighted by Crippen LogP contribution is -2.44. The van der Waals surface area contributed by atoms with Gasteiger partial charge in [-0.05, 0) is 89.2 Å². The Hall–Kier alpha value is -4.97. The van der Waals surface area contributed by atoms with Gasteiger partial charge in [-0.3, -0.25) is 14.5 Å². The molecule has 0 bridgehead atoms. The van der Waals surface area contributed by atoms with Crippen molar-refractivity contribution in [1.29, 1.82) is 0 Å². The minimum absolute atomic E-state index is 0.00612. The van der Waals surface area contributed by atoms with Crippen LogP contribution in [0.15, 0.2) is 30.5 Å². The summed E-state index contributed by atoms with van der Waals surface area (Å²) in [6.07, 6.45) is 7.39. The largest absolute Gasteiger partial charge is 0.490 e. The monoisotopic (exact) mass is 817 g/mol. The number of nitrogens with zero attached hydrogens (tertiary/aromatic N) is 5. The molecule has 18 heteroatoms. The van der Waals surface area contributed by atoms with Gasteiger partial charge in [-0.25, -0.2) is 19.3 Å². The number of rotatable bonds is 18. The second-order valence-corrected chi connectivity index (χ2v) is 14.6. The number of aromatic nitrogens is 3. The number of amides is 4. The number of aliphatic carboxylic acids is 1. The SMILES string of the molecule is CCc1nc2c(cnn2CC)c(NC2CCN(C(N)=O)CC2)c1CNC(=O)c1ccc(NC(=O)CCCCCCCN2CCC[C@H]2COC)cc1.O=C(O)C(F)(F)F. The molecule has 5 rings (SSSR count). The van der Waals surface area contributed by atoms with E-state index in [0.717, 1.165) is 73.2 Å². The van der Waals surface area contributed by atoms with Gasteiger partial charge in [-0.15, -0.1) is 0 Å². The van der Waals surface area contributed by atoms with Gasteiger partial charge in [-0.2, -0.15) is 18.3 Å². The topological polar surface area (TPSA) is 197 Å². The summed E-state index contributed by atoms with van der Waals surface area (Å²) in [6, 6.07) is 7.35. The van der Waals surface area contributed by atoms with E-state index < -0.39 is 18.2 Å². The molecule has 2 aliphatic rings. The van der Waals surface area contributed by atoms with Gasteiger partial charge < -0.3 is 36.4 Å². The maximum Gasteiger partial charge on any atom is 0.490 e. The molecular formula is C40H58F3N9O6. The fourth-order valence-corrected chi connectivity index (χ4v) is 7.40. The van der Waals surface area contributed by atoms with E-state index >= 15 is 0 Å². The number of unbranched alkanes of at least 4 members (excludes halogenated alkanes) is 4. The first-order chi connectivity index (χ1) is 27.7. The quantitative estimate of drug-likeness (QED) is 0.0962. The van der Waals surface area contributed by atoms with Gasteiger partial charge in [0, 0.05) is 74.3 Å². The summed E-state index contributed by atoms with van der Waals surface area (Å²) < 4.78 is 39.0. The van der Waals surface area contributed by atoms with Gasteiger partial charge in [0.15, 0.2) is 5.65 Å². The van der Waals surface area contributed by atoms with Crippen molar-refractivity contribution >= 4 is 46.2 Å². The predicted molar refractivity (Wildman–Crippen MR) is 214 cm³/mol. The Labute approximate surface area is 337 Å². The van der Waals surface area contributed by atoms with Gasteiger partial charge in [-0.1, -0.05) is 26.2 Å². The van der Waals surface area contributed by atoms with E-state index in [0.29, 0.717) is 49.8 Å². The van der Waals surface area contributed by atoms with Crippen LogP contribution in [0.3, 0.4) is 0 Å². The first-order valence-corrected chi connectivity index (χ1v) is 20.1. The number of carbonyl (C=O) groups is 4. The van der Waals surface area contributed by atoms with Crippen molar-refractivity contribution in [3.05, 3.63) is 47.3 Å². The van der Waals surface area contributed by atoms with Crippen molar-refractivity contribution in [2.45, 2.75) is 116 Å². The number of nitrogens with two attached hydrogens (primary N) is 1. The van der Waals surface area contributed by atoms with E-state index in [1.54, 1.807) is 36.3 Å². The zero-order valence-electron chi connectivity index (χ0n) is 33.7. The number of hydrogen-bond acceptors (Lipinski definition) is 9. The van der Waals surface area contributed by atoms with Crippen LogP contribution in [0.5, 0.6) is 0 Å². The molecule has 2 saturated heterocycles. The Bertz CT molecular complexity index is 1810. The van der Waals surface area contributed by atoms with Crippen LogP contribution in [0.4, 0.5) is 29.3 Å². The van der Waals surface area contributed by atoms with Crippen LogP contribution in [0, 0.1) is 0 Å². The van der Waals surface area contributed by atoms with E-state index in [9.17, 15) is 27.6 Å². The van der Waals surface area contributed by atoms with Crippen molar-refractivity contribution in [3.63, 3.8) is 0 Å². The van der Waals surface area contributed by atoms with Gasteiger partial charge >= 0.3 is 18.2 Å². The molecule has 4 amide bonds. The molecule has 0 saturated carbocycles. The number of pyridine rings is 1. The summed E-state index contributed by atoms with van der Waals surface area (Å²) in [5.41, 5.74) is 10.2. The number of hydrogen-bond donors (Lipinski definition) is 5. The first kappa shape index (κ1) is 45.7. The Kier molecular flexibility index (Phi) is 17.5.